The molecule has 0 fully saturated rings. The molecule has 0 aliphatic rings. The van der Waals surface area contributed by atoms with Gasteiger partial charge in [-0.1, -0.05) is 18.2 Å². The number of benzene rings is 1. The number of nitrogens with two attached hydrogens (primary N) is 1. The van der Waals surface area contributed by atoms with E-state index in [-0.39, 0.29) is 11.9 Å². The highest BCUT2D eigenvalue weighted by Gasteiger charge is 2.11. The zero-order valence-corrected chi connectivity index (χ0v) is 8.96. The van der Waals surface area contributed by atoms with Crippen molar-refractivity contribution in [3.05, 3.63) is 35.1 Å². The monoisotopic (exact) mass is 205 g/mol. The summed E-state index contributed by atoms with van der Waals surface area (Å²) in [4.78, 5) is 0. The molecule has 0 aliphatic heterocycles. The molecule has 0 radical (unpaired) electrons. The van der Waals surface area contributed by atoms with Crippen LogP contribution in [0, 0.1) is 25.1 Å². The van der Waals surface area contributed by atoms with E-state index in [1.165, 1.54) is 0 Å². The molecule has 1 aromatic rings. The normalized spacial score (nSPS) is 12.1. The van der Waals surface area contributed by atoms with Gasteiger partial charge in [-0.05, 0) is 25.3 Å². The smallest absolute Gasteiger partial charge is 0.130 e. The average molecular weight is 205 g/mol. The third kappa shape index (κ3) is 3.07. The third-order valence-corrected chi connectivity index (χ3v) is 2.46. The number of hydrogen-bond donors (Lipinski definition) is 1. The standard InChI is InChI=1S/C13H16FN/c1-3-4-5-9-12(15)11-8-6-7-10(2)13(11)14/h1,6-8,12H,4-5,9,15H2,2H3. The Hall–Kier alpha value is -1.33. The minimum atomic E-state index is -0.252. The van der Waals surface area contributed by atoms with Crippen LogP contribution in [0.3, 0.4) is 0 Å². The highest BCUT2D eigenvalue weighted by molar-refractivity contribution is 5.27. The highest BCUT2D eigenvalue weighted by atomic mass is 19.1. The molecule has 2 N–H and O–H groups in total. The van der Waals surface area contributed by atoms with Crippen LogP contribution in [0.5, 0.6) is 0 Å². The van der Waals surface area contributed by atoms with Gasteiger partial charge in [0.05, 0.1) is 0 Å². The van der Waals surface area contributed by atoms with Crippen molar-refractivity contribution in [3.63, 3.8) is 0 Å². The van der Waals surface area contributed by atoms with Crippen LogP contribution in [0.15, 0.2) is 18.2 Å². The molecule has 1 aromatic carbocycles. The van der Waals surface area contributed by atoms with Crippen LogP contribution >= 0.6 is 0 Å². The summed E-state index contributed by atoms with van der Waals surface area (Å²) in [6.45, 7) is 1.74. The first kappa shape index (κ1) is 11.7. The molecule has 2 heteroatoms. The molecule has 1 unspecified atom stereocenters. The lowest BCUT2D eigenvalue weighted by molar-refractivity contribution is 0.549. The van der Waals surface area contributed by atoms with Gasteiger partial charge in [0.1, 0.15) is 5.82 Å². The van der Waals surface area contributed by atoms with E-state index in [9.17, 15) is 4.39 Å². The summed E-state index contributed by atoms with van der Waals surface area (Å²) in [5.74, 6) is 2.36. The van der Waals surface area contributed by atoms with E-state index < -0.39 is 0 Å². The van der Waals surface area contributed by atoms with Gasteiger partial charge in [0.25, 0.3) is 0 Å². The fourth-order valence-electron chi connectivity index (χ4n) is 1.54. The Morgan fingerprint density at radius 1 is 1.53 bits per heavy atom. The number of unbranched alkanes of at least 4 members (excludes halogenated alkanes) is 1. The van der Waals surface area contributed by atoms with Crippen molar-refractivity contribution >= 4 is 0 Å². The molecule has 15 heavy (non-hydrogen) atoms. The van der Waals surface area contributed by atoms with Crippen LogP contribution in [-0.4, -0.2) is 0 Å². The van der Waals surface area contributed by atoms with Gasteiger partial charge in [0.15, 0.2) is 0 Å². The number of rotatable bonds is 4. The van der Waals surface area contributed by atoms with Gasteiger partial charge in [-0.25, -0.2) is 4.39 Å². The molecule has 0 saturated carbocycles. The zero-order chi connectivity index (χ0) is 11.3. The molecule has 80 valence electrons. The topological polar surface area (TPSA) is 26.0 Å². The largest absolute Gasteiger partial charge is 0.324 e. The molecular formula is C13H16FN. The Labute approximate surface area is 90.5 Å². The lowest BCUT2D eigenvalue weighted by atomic mass is 9.99. The second-order valence-corrected chi connectivity index (χ2v) is 3.68. The first-order valence-electron chi connectivity index (χ1n) is 5.11. The fraction of sp³-hybridized carbons (Fsp3) is 0.385. The van der Waals surface area contributed by atoms with E-state index in [0.717, 1.165) is 12.8 Å². The molecule has 0 aliphatic carbocycles. The average Bonchev–Trinajstić information content (AvgIpc) is 2.22. The Kier molecular flexibility index (Phi) is 4.33. The summed E-state index contributed by atoms with van der Waals surface area (Å²) >= 11 is 0. The molecule has 0 bridgehead atoms. The number of aryl methyl sites for hydroxylation is 1. The predicted octanol–water partition coefficient (Wildman–Crippen LogP) is 2.94. The van der Waals surface area contributed by atoms with Gasteiger partial charge >= 0.3 is 0 Å². The maximum Gasteiger partial charge on any atom is 0.130 e. The maximum atomic E-state index is 13.6. The van der Waals surface area contributed by atoms with Gasteiger partial charge in [0, 0.05) is 18.0 Å². The zero-order valence-electron chi connectivity index (χ0n) is 8.96. The first-order chi connectivity index (χ1) is 7.16. The lowest BCUT2D eigenvalue weighted by Crippen LogP contribution is -2.12. The summed E-state index contributed by atoms with van der Waals surface area (Å²) in [6, 6.07) is 5.06. The fourth-order valence-corrected chi connectivity index (χ4v) is 1.54. The Morgan fingerprint density at radius 2 is 2.27 bits per heavy atom. The Bertz CT molecular complexity index is 365. The maximum absolute atomic E-state index is 13.6. The van der Waals surface area contributed by atoms with E-state index >= 15 is 0 Å². The van der Waals surface area contributed by atoms with E-state index in [0.29, 0.717) is 17.5 Å². The van der Waals surface area contributed by atoms with E-state index in [1.54, 1.807) is 19.1 Å². The van der Waals surface area contributed by atoms with Gasteiger partial charge in [-0.15, -0.1) is 12.3 Å². The Balaban J connectivity index is 2.70. The summed E-state index contributed by atoms with van der Waals surface area (Å²) in [7, 11) is 0. The van der Waals surface area contributed by atoms with Crippen molar-refractivity contribution in [1.29, 1.82) is 0 Å². The molecule has 0 aromatic heterocycles. The predicted molar refractivity (Wildman–Crippen MR) is 60.7 cm³/mol. The van der Waals surface area contributed by atoms with Gasteiger partial charge < -0.3 is 5.73 Å². The summed E-state index contributed by atoms with van der Waals surface area (Å²) in [6.07, 6.45) is 7.40. The quantitative estimate of drug-likeness (QED) is 0.593. The SMILES string of the molecule is C#CCCCC(N)c1cccc(C)c1F. The first-order valence-corrected chi connectivity index (χ1v) is 5.11. The second-order valence-electron chi connectivity index (χ2n) is 3.68. The van der Waals surface area contributed by atoms with Crippen molar-refractivity contribution in [3.8, 4) is 12.3 Å². The van der Waals surface area contributed by atoms with Crippen molar-refractivity contribution in [2.75, 3.05) is 0 Å². The van der Waals surface area contributed by atoms with E-state index in [4.69, 9.17) is 12.2 Å². The molecule has 1 rings (SSSR count). The van der Waals surface area contributed by atoms with Crippen LogP contribution < -0.4 is 5.73 Å². The van der Waals surface area contributed by atoms with Crippen LogP contribution in [0.25, 0.3) is 0 Å². The van der Waals surface area contributed by atoms with Crippen molar-refractivity contribution in [2.45, 2.75) is 32.2 Å². The molecule has 0 saturated heterocycles. The summed E-state index contributed by atoms with van der Waals surface area (Å²) in [5.41, 5.74) is 7.13. The van der Waals surface area contributed by atoms with Crippen LogP contribution in [0.4, 0.5) is 4.39 Å². The lowest BCUT2D eigenvalue weighted by Gasteiger charge is -2.13. The highest BCUT2D eigenvalue weighted by Crippen LogP contribution is 2.21. The summed E-state index contributed by atoms with van der Waals surface area (Å²) in [5, 5.41) is 0. The molecule has 0 amide bonds. The molecule has 1 nitrogen and oxygen atoms in total. The number of hydrogen-bond acceptors (Lipinski definition) is 1. The molecule has 1 atom stereocenters. The van der Waals surface area contributed by atoms with Gasteiger partial charge in [-0.2, -0.15) is 0 Å². The molecule has 0 spiro atoms. The molecule has 0 heterocycles. The van der Waals surface area contributed by atoms with E-state index in [1.807, 2.05) is 6.07 Å². The molecular weight excluding hydrogens is 189 g/mol. The minimum absolute atomic E-state index is 0.189. The van der Waals surface area contributed by atoms with Crippen molar-refractivity contribution in [1.82, 2.24) is 0 Å². The van der Waals surface area contributed by atoms with Crippen LogP contribution in [0.1, 0.15) is 36.4 Å². The number of terminal acetylenes is 1. The number of halogens is 1. The minimum Gasteiger partial charge on any atom is -0.324 e. The van der Waals surface area contributed by atoms with Crippen LogP contribution in [-0.2, 0) is 0 Å². The Morgan fingerprint density at radius 3 is 2.93 bits per heavy atom. The third-order valence-electron chi connectivity index (χ3n) is 2.46. The summed E-state index contributed by atoms with van der Waals surface area (Å²) < 4.78 is 13.6. The second kappa shape index (κ2) is 5.53. The van der Waals surface area contributed by atoms with Gasteiger partial charge in [0.2, 0.25) is 0 Å². The van der Waals surface area contributed by atoms with Crippen molar-refractivity contribution < 1.29 is 4.39 Å². The van der Waals surface area contributed by atoms with E-state index in [2.05, 4.69) is 5.92 Å². The van der Waals surface area contributed by atoms with Crippen molar-refractivity contribution in [2.24, 2.45) is 5.73 Å². The van der Waals surface area contributed by atoms with Gasteiger partial charge in [-0.3, -0.25) is 0 Å². The van der Waals surface area contributed by atoms with Crippen LogP contribution in [0.2, 0.25) is 0 Å².